The van der Waals surface area contributed by atoms with Gasteiger partial charge in [-0.25, -0.2) is 0 Å². The number of ether oxygens (including phenoxy) is 3. The number of esters is 1. The lowest BCUT2D eigenvalue weighted by Gasteiger charge is -2.19. The van der Waals surface area contributed by atoms with Crippen molar-refractivity contribution in [1.29, 1.82) is 0 Å². The highest BCUT2D eigenvalue weighted by atomic mass is 16.5. The van der Waals surface area contributed by atoms with E-state index >= 15 is 0 Å². The maximum atomic E-state index is 12.1. The topological polar surface area (TPSA) is 103 Å². The van der Waals surface area contributed by atoms with Gasteiger partial charge in [-0.3, -0.25) is 14.4 Å². The third-order valence-electron chi connectivity index (χ3n) is 2.68. The second-order valence-electron chi connectivity index (χ2n) is 4.51. The molecule has 8 nitrogen and oxygen atoms in total. The van der Waals surface area contributed by atoms with Crippen molar-refractivity contribution in [2.24, 2.45) is 0 Å². The summed E-state index contributed by atoms with van der Waals surface area (Å²) in [5, 5.41) is 5.45. The summed E-state index contributed by atoms with van der Waals surface area (Å²) in [6, 6.07) is -0.791. The Morgan fingerprint density at radius 3 is 2.23 bits per heavy atom. The van der Waals surface area contributed by atoms with E-state index < -0.39 is 17.9 Å². The Kier molecular flexibility index (Phi) is 10.7. The Balaban J connectivity index is 4.55. The molecule has 0 aromatic rings. The number of ketones is 1. The van der Waals surface area contributed by atoms with Crippen LogP contribution in [0.1, 0.15) is 12.8 Å². The third kappa shape index (κ3) is 9.09. The summed E-state index contributed by atoms with van der Waals surface area (Å²) in [6.07, 6.45) is -0.0615. The molecule has 0 spiro atoms. The van der Waals surface area contributed by atoms with Crippen molar-refractivity contribution in [3.63, 3.8) is 0 Å². The van der Waals surface area contributed by atoms with Gasteiger partial charge in [-0.05, 0) is 0 Å². The largest absolute Gasteiger partial charge is 0.469 e. The predicted molar refractivity (Wildman–Crippen MR) is 79.1 cm³/mol. The van der Waals surface area contributed by atoms with Crippen LogP contribution in [-0.2, 0) is 28.6 Å². The second-order valence-corrected chi connectivity index (χ2v) is 4.51. The minimum Gasteiger partial charge on any atom is -0.469 e. The Morgan fingerprint density at radius 1 is 1.05 bits per heavy atom. The number of hydrogen-bond donors (Lipinski definition) is 2. The molecule has 0 aromatic heterocycles. The molecule has 0 fully saturated rings. The Labute approximate surface area is 130 Å². The lowest BCUT2D eigenvalue weighted by atomic mass is 10.1. The summed E-state index contributed by atoms with van der Waals surface area (Å²) in [5.74, 6) is -1.18. The number of amides is 1. The van der Waals surface area contributed by atoms with Gasteiger partial charge in [-0.2, -0.15) is 0 Å². The summed E-state index contributed by atoms with van der Waals surface area (Å²) < 4.78 is 14.1. The fraction of sp³-hybridized carbons (Fsp3) is 0.643. The highest BCUT2D eigenvalue weighted by Gasteiger charge is 2.21. The minimum atomic E-state index is -0.791. The molecule has 0 radical (unpaired) electrons. The molecule has 126 valence electrons. The SMILES string of the molecule is C=C(COC)NCC(NC(=O)COC)C(=O)CCC(=O)OC. The van der Waals surface area contributed by atoms with Gasteiger partial charge in [-0.15, -0.1) is 0 Å². The normalized spacial score (nSPS) is 11.4. The highest BCUT2D eigenvalue weighted by molar-refractivity contribution is 5.91. The van der Waals surface area contributed by atoms with Gasteiger partial charge in [0.05, 0.1) is 20.1 Å². The molecule has 0 heterocycles. The van der Waals surface area contributed by atoms with Crippen molar-refractivity contribution in [3.05, 3.63) is 12.3 Å². The maximum absolute atomic E-state index is 12.1. The quantitative estimate of drug-likeness (QED) is 0.463. The van der Waals surface area contributed by atoms with Crippen LogP contribution < -0.4 is 10.6 Å². The highest BCUT2D eigenvalue weighted by Crippen LogP contribution is 1.99. The number of carbonyl (C=O) groups excluding carboxylic acids is 3. The van der Waals surface area contributed by atoms with Gasteiger partial charge < -0.3 is 24.8 Å². The van der Waals surface area contributed by atoms with Gasteiger partial charge >= 0.3 is 5.97 Å². The van der Waals surface area contributed by atoms with Crippen molar-refractivity contribution in [2.45, 2.75) is 18.9 Å². The van der Waals surface area contributed by atoms with Crippen LogP contribution >= 0.6 is 0 Å². The Hall–Kier alpha value is -1.93. The molecule has 8 heteroatoms. The number of hydrogen-bond acceptors (Lipinski definition) is 7. The first-order chi connectivity index (χ1) is 10.4. The first-order valence-corrected chi connectivity index (χ1v) is 6.73. The fourth-order valence-corrected chi connectivity index (χ4v) is 1.59. The molecule has 1 amide bonds. The molecule has 0 rings (SSSR count). The first kappa shape index (κ1) is 20.1. The number of carbonyl (C=O) groups is 3. The zero-order valence-corrected chi connectivity index (χ0v) is 13.3. The Morgan fingerprint density at radius 2 is 1.68 bits per heavy atom. The first-order valence-electron chi connectivity index (χ1n) is 6.73. The molecule has 1 unspecified atom stereocenters. The number of methoxy groups -OCH3 is 3. The zero-order valence-electron chi connectivity index (χ0n) is 13.3. The third-order valence-corrected chi connectivity index (χ3v) is 2.68. The minimum absolute atomic E-state index is 0.0248. The molecule has 0 aliphatic carbocycles. The lowest BCUT2D eigenvalue weighted by molar-refractivity contribution is -0.142. The van der Waals surface area contributed by atoms with Gasteiger partial charge in [0.2, 0.25) is 5.91 Å². The van der Waals surface area contributed by atoms with Crippen molar-refractivity contribution in [3.8, 4) is 0 Å². The monoisotopic (exact) mass is 316 g/mol. The van der Waals surface area contributed by atoms with Crippen LogP contribution in [0.25, 0.3) is 0 Å². The zero-order chi connectivity index (χ0) is 17.0. The van der Waals surface area contributed by atoms with E-state index in [1.165, 1.54) is 21.3 Å². The van der Waals surface area contributed by atoms with Crippen LogP contribution in [0.2, 0.25) is 0 Å². The van der Waals surface area contributed by atoms with Crippen LogP contribution in [0.3, 0.4) is 0 Å². The van der Waals surface area contributed by atoms with Crippen LogP contribution in [-0.4, -0.2) is 64.8 Å². The number of rotatable bonds is 12. The van der Waals surface area contributed by atoms with Crippen LogP contribution in [0.15, 0.2) is 12.3 Å². The summed E-state index contributed by atoms with van der Waals surface area (Å²) >= 11 is 0. The lowest BCUT2D eigenvalue weighted by Crippen LogP contribution is -2.48. The molecule has 0 aliphatic heterocycles. The molecule has 22 heavy (non-hydrogen) atoms. The van der Waals surface area contributed by atoms with Crippen LogP contribution in [0.4, 0.5) is 0 Å². The van der Waals surface area contributed by atoms with Crippen LogP contribution in [0.5, 0.6) is 0 Å². The standard InChI is InChI=1S/C14H24N2O6/c1-10(8-20-2)15-7-11(16-13(18)9-21-3)12(17)5-6-14(19)22-4/h11,15H,1,5-9H2,2-4H3,(H,16,18). The molecular weight excluding hydrogens is 292 g/mol. The van der Waals surface area contributed by atoms with Crippen LogP contribution in [0, 0.1) is 0 Å². The van der Waals surface area contributed by atoms with E-state index in [9.17, 15) is 14.4 Å². The number of Topliss-reactive ketones (excluding diaryl/α,β-unsaturated/α-hetero) is 1. The average molecular weight is 316 g/mol. The molecule has 1 atom stereocenters. The molecule has 0 bridgehead atoms. The van der Waals surface area contributed by atoms with Gasteiger partial charge in [0.15, 0.2) is 5.78 Å². The van der Waals surface area contributed by atoms with E-state index in [-0.39, 0.29) is 38.4 Å². The van der Waals surface area contributed by atoms with Gasteiger partial charge in [-0.1, -0.05) is 6.58 Å². The van der Waals surface area contributed by atoms with E-state index in [1.807, 2.05) is 0 Å². The molecule has 0 saturated carbocycles. The van der Waals surface area contributed by atoms with Crippen molar-refractivity contribution in [1.82, 2.24) is 10.6 Å². The molecular formula is C14H24N2O6. The summed E-state index contributed by atoms with van der Waals surface area (Å²) in [7, 11) is 4.15. The van der Waals surface area contributed by atoms with E-state index in [4.69, 9.17) is 9.47 Å². The molecule has 2 N–H and O–H groups in total. The average Bonchev–Trinajstić information content (AvgIpc) is 2.49. The summed E-state index contributed by atoms with van der Waals surface area (Å²) in [4.78, 5) is 34.8. The molecule has 0 aliphatic rings. The Bertz CT molecular complexity index is 397. The van der Waals surface area contributed by atoms with Gasteiger partial charge in [0.1, 0.15) is 12.6 Å². The molecule has 0 saturated heterocycles. The van der Waals surface area contributed by atoms with Gasteiger partial charge in [0, 0.05) is 32.9 Å². The second kappa shape index (κ2) is 11.7. The van der Waals surface area contributed by atoms with E-state index in [1.54, 1.807) is 0 Å². The maximum Gasteiger partial charge on any atom is 0.305 e. The van der Waals surface area contributed by atoms with E-state index in [2.05, 4.69) is 21.9 Å². The van der Waals surface area contributed by atoms with Crippen molar-refractivity contribution >= 4 is 17.7 Å². The molecule has 0 aromatic carbocycles. The predicted octanol–water partition coefficient (Wildman–Crippen LogP) is -0.610. The van der Waals surface area contributed by atoms with E-state index in [0.29, 0.717) is 5.70 Å². The number of nitrogens with one attached hydrogen (secondary N) is 2. The fourth-order valence-electron chi connectivity index (χ4n) is 1.59. The van der Waals surface area contributed by atoms with E-state index in [0.717, 1.165) is 0 Å². The summed E-state index contributed by atoms with van der Waals surface area (Å²) in [6.45, 7) is 4.00. The van der Waals surface area contributed by atoms with Crippen molar-refractivity contribution < 1.29 is 28.6 Å². The van der Waals surface area contributed by atoms with Gasteiger partial charge in [0.25, 0.3) is 0 Å². The smallest absolute Gasteiger partial charge is 0.305 e. The summed E-state index contributed by atoms with van der Waals surface area (Å²) in [5.41, 5.74) is 0.578. The van der Waals surface area contributed by atoms with Crippen molar-refractivity contribution in [2.75, 3.05) is 41.1 Å².